The maximum Gasteiger partial charge on any atom is 0.0348 e. The summed E-state index contributed by atoms with van der Waals surface area (Å²) < 4.78 is 0. The molecular weight excluding hydrogens is 177 g/mol. The quantitative estimate of drug-likeness (QED) is 0.514. The zero-order valence-corrected chi connectivity index (χ0v) is 6.43. The van der Waals surface area contributed by atoms with E-state index in [1.54, 1.807) is 0 Å². The van der Waals surface area contributed by atoms with Crippen LogP contribution in [0.2, 0.25) is 0 Å². The van der Waals surface area contributed by atoms with Gasteiger partial charge in [-0.15, -0.1) is 11.6 Å². The van der Waals surface area contributed by atoms with E-state index >= 15 is 0 Å². The Bertz CT molecular complexity index is 30.9. The Morgan fingerprint density at radius 2 is 2.14 bits per heavy atom. The van der Waals surface area contributed by atoms with Gasteiger partial charge in [0.1, 0.15) is 0 Å². The summed E-state index contributed by atoms with van der Waals surface area (Å²) in [6.07, 6.45) is 0. The molecule has 0 rings (SSSR count). The summed E-state index contributed by atoms with van der Waals surface area (Å²) in [6.45, 7) is 1.92. The molecular formula is C4H9BrClN. The number of hydrogen-bond acceptors (Lipinski definition) is 1. The van der Waals surface area contributed by atoms with Crippen molar-refractivity contribution in [2.45, 2.75) is 0 Å². The summed E-state index contributed by atoms with van der Waals surface area (Å²) in [7, 11) is 0. The van der Waals surface area contributed by atoms with Crippen LogP contribution < -0.4 is 5.32 Å². The second-order valence-corrected chi connectivity index (χ2v) is 2.30. The number of rotatable bonds is 4. The largest absolute Gasteiger partial charge is 0.315 e. The van der Waals surface area contributed by atoms with E-state index in [4.69, 9.17) is 11.6 Å². The third-order valence-corrected chi connectivity index (χ3v) is 1.13. The van der Waals surface area contributed by atoms with Gasteiger partial charge < -0.3 is 5.32 Å². The third-order valence-electron chi connectivity index (χ3n) is 0.543. The van der Waals surface area contributed by atoms with Gasteiger partial charge in [0.25, 0.3) is 0 Å². The van der Waals surface area contributed by atoms with Gasteiger partial charge in [0.15, 0.2) is 0 Å². The first-order chi connectivity index (χ1) is 3.41. The molecule has 0 atom stereocenters. The van der Waals surface area contributed by atoms with E-state index in [2.05, 4.69) is 21.2 Å². The lowest BCUT2D eigenvalue weighted by Crippen LogP contribution is -2.18. The normalized spacial score (nSPS) is 9.43. The van der Waals surface area contributed by atoms with Gasteiger partial charge in [0.05, 0.1) is 0 Å². The van der Waals surface area contributed by atoms with Gasteiger partial charge in [0, 0.05) is 24.3 Å². The molecule has 0 spiro atoms. The molecule has 1 nitrogen and oxygen atoms in total. The second kappa shape index (κ2) is 6.73. The minimum atomic E-state index is 0.701. The molecule has 7 heavy (non-hydrogen) atoms. The number of hydrogen-bond donors (Lipinski definition) is 1. The van der Waals surface area contributed by atoms with Crippen molar-refractivity contribution in [1.82, 2.24) is 5.32 Å². The lowest BCUT2D eigenvalue weighted by molar-refractivity contribution is 0.775. The predicted molar refractivity (Wildman–Crippen MR) is 37.4 cm³/mol. The molecule has 0 fully saturated rings. The lowest BCUT2D eigenvalue weighted by atomic mass is 10.7. The van der Waals surface area contributed by atoms with Crippen LogP contribution in [0.1, 0.15) is 0 Å². The highest BCUT2D eigenvalue weighted by Crippen LogP contribution is 1.74. The van der Waals surface area contributed by atoms with Crippen LogP contribution in [0.25, 0.3) is 0 Å². The van der Waals surface area contributed by atoms with Gasteiger partial charge in [-0.2, -0.15) is 0 Å². The van der Waals surface area contributed by atoms with E-state index in [0.29, 0.717) is 5.88 Å². The standard InChI is InChI=1S/C4H9BrClN/c5-1-3-7-4-2-6/h7H,1-4H2. The first kappa shape index (κ1) is 7.73. The molecule has 0 aliphatic heterocycles. The fourth-order valence-corrected chi connectivity index (χ4v) is 0.673. The molecule has 0 amide bonds. The number of nitrogens with one attached hydrogen (secondary N) is 1. The molecule has 0 bridgehead atoms. The highest BCUT2D eigenvalue weighted by Gasteiger charge is 1.78. The van der Waals surface area contributed by atoms with Crippen molar-refractivity contribution < 1.29 is 0 Å². The topological polar surface area (TPSA) is 12.0 Å². The van der Waals surface area contributed by atoms with E-state index in [1.807, 2.05) is 0 Å². The summed E-state index contributed by atoms with van der Waals surface area (Å²) in [6, 6.07) is 0. The third kappa shape index (κ3) is 6.73. The zero-order valence-electron chi connectivity index (χ0n) is 4.08. The molecule has 0 aromatic rings. The van der Waals surface area contributed by atoms with Crippen molar-refractivity contribution >= 4 is 27.5 Å². The van der Waals surface area contributed by atoms with Crippen molar-refractivity contribution in [3.63, 3.8) is 0 Å². The van der Waals surface area contributed by atoms with Crippen molar-refractivity contribution in [3.8, 4) is 0 Å². The highest BCUT2D eigenvalue weighted by molar-refractivity contribution is 9.09. The Hall–Kier alpha value is 0.730. The molecule has 3 heteroatoms. The summed E-state index contributed by atoms with van der Waals surface area (Å²) in [5.41, 5.74) is 0. The minimum Gasteiger partial charge on any atom is -0.315 e. The average Bonchev–Trinajstić information content (AvgIpc) is 1.69. The van der Waals surface area contributed by atoms with Crippen LogP contribution >= 0.6 is 27.5 Å². The molecule has 0 heterocycles. The molecule has 0 saturated carbocycles. The van der Waals surface area contributed by atoms with Gasteiger partial charge in [-0.1, -0.05) is 15.9 Å². The lowest BCUT2D eigenvalue weighted by Gasteiger charge is -1.93. The minimum absolute atomic E-state index is 0.701. The molecule has 0 aromatic heterocycles. The van der Waals surface area contributed by atoms with Crippen LogP contribution in [-0.2, 0) is 0 Å². The van der Waals surface area contributed by atoms with Crippen LogP contribution in [0.5, 0.6) is 0 Å². The van der Waals surface area contributed by atoms with Crippen molar-refractivity contribution in [3.05, 3.63) is 0 Å². The molecule has 0 saturated heterocycles. The molecule has 0 aliphatic carbocycles. The Morgan fingerprint density at radius 3 is 2.57 bits per heavy atom. The van der Waals surface area contributed by atoms with Crippen LogP contribution in [0, 0.1) is 0 Å². The Kier molecular flexibility index (Phi) is 7.43. The summed E-state index contributed by atoms with van der Waals surface area (Å²) in [4.78, 5) is 0. The first-order valence-electron chi connectivity index (χ1n) is 2.24. The Balaban J connectivity index is 2.45. The maximum absolute atomic E-state index is 5.36. The molecule has 0 aliphatic rings. The summed E-state index contributed by atoms with van der Waals surface area (Å²) in [5.74, 6) is 0.701. The number of alkyl halides is 2. The monoisotopic (exact) mass is 185 g/mol. The van der Waals surface area contributed by atoms with E-state index in [9.17, 15) is 0 Å². The van der Waals surface area contributed by atoms with Crippen LogP contribution in [0.3, 0.4) is 0 Å². The fraction of sp³-hybridized carbons (Fsp3) is 1.00. The van der Waals surface area contributed by atoms with E-state index < -0.39 is 0 Å². The smallest absolute Gasteiger partial charge is 0.0348 e. The second-order valence-electron chi connectivity index (χ2n) is 1.13. The van der Waals surface area contributed by atoms with Crippen molar-refractivity contribution in [2.75, 3.05) is 24.3 Å². The molecule has 44 valence electrons. The first-order valence-corrected chi connectivity index (χ1v) is 3.90. The van der Waals surface area contributed by atoms with Gasteiger partial charge >= 0.3 is 0 Å². The zero-order chi connectivity index (χ0) is 5.54. The van der Waals surface area contributed by atoms with Crippen LogP contribution in [0.4, 0.5) is 0 Å². The highest BCUT2D eigenvalue weighted by atomic mass is 79.9. The predicted octanol–water partition coefficient (Wildman–Crippen LogP) is 1.21. The molecule has 0 unspecified atom stereocenters. The van der Waals surface area contributed by atoms with Crippen LogP contribution in [-0.4, -0.2) is 24.3 Å². The van der Waals surface area contributed by atoms with Crippen LogP contribution in [0.15, 0.2) is 0 Å². The van der Waals surface area contributed by atoms with E-state index in [-0.39, 0.29) is 0 Å². The summed E-state index contributed by atoms with van der Waals surface area (Å²) >= 11 is 8.63. The maximum atomic E-state index is 5.36. The molecule has 1 N–H and O–H groups in total. The van der Waals surface area contributed by atoms with Gasteiger partial charge in [-0.3, -0.25) is 0 Å². The molecule has 0 radical (unpaired) electrons. The summed E-state index contributed by atoms with van der Waals surface area (Å²) in [5, 5.41) is 4.11. The van der Waals surface area contributed by atoms with E-state index in [1.165, 1.54) is 0 Å². The van der Waals surface area contributed by atoms with Crippen molar-refractivity contribution in [1.29, 1.82) is 0 Å². The number of halogens is 2. The van der Waals surface area contributed by atoms with Gasteiger partial charge in [0.2, 0.25) is 0 Å². The van der Waals surface area contributed by atoms with E-state index in [0.717, 1.165) is 18.4 Å². The van der Waals surface area contributed by atoms with Gasteiger partial charge in [-0.05, 0) is 0 Å². The average molecular weight is 186 g/mol. The Morgan fingerprint density at radius 1 is 1.43 bits per heavy atom. The fourth-order valence-electron chi connectivity index (χ4n) is 0.259. The molecule has 0 aromatic carbocycles. The Labute approximate surface area is 57.6 Å². The SMILES string of the molecule is ClCCNCCBr. The van der Waals surface area contributed by atoms with Gasteiger partial charge in [-0.25, -0.2) is 0 Å². The van der Waals surface area contributed by atoms with Crippen molar-refractivity contribution in [2.24, 2.45) is 0 Å².